The van der Waals surface area contributed by atoms with Gasteiger partial charge >= 0.3 is 6.18 Å². The minimum atomic E-state index is -4.74. The number of para-hydroxylation sites is 1. The van der Waals surface area contributed by atoms with Crippen LogP contribution in [0.15, 0.2) is 18.2 Å². The predicted octanol–water partition coefficient (Wildman–Crippen LogP) is 4.50. The van der Waals surface area contributed by atoms with Crippen molar-refractivity contribution in [3.05, 3.63) is 43.8 Å². The number of nitrogens with one attached hydrogen (secondary N) is 1. The number of halogens is 5. The molecule has 0 aliphatic rings. The summed E-state index contributed by atoms with van der Waals surface area (Å²) in [6.45, 7) is 1.36. The Morgan fingerprint density at radius 3 is 2.45 bits per heavy atom. The SMILES string of the molecule is Cc1nc(C(F)(F)F)c(C(=O)NOc2c(Cl)cccc2Cl)s1. The fourth-order valence-corrected chi connectivity index (χ4v) is 2.80. The molecule has 1 heterocycles. The molecule has 0 aliphatic carbocycles. The summed E-state index contributed by atoms with van der Waals surface area (Å²) in [7, 11) is 0. The second-order valence-electron chi connectivity index (χ2n) is 3.99. The molecule has 0 aliphatic heterocycles. The summed E-state index contributed by atoms with van der Waals surface area (Å²) in [5.41, 5.74) is 0.623. The average molecular weight is 371 g/mol. The Morgan fingerprint density at radius 1 is 1.32 bits per heavy atom. The lowest BCUT2D eigenvalue weighted by Crippen LogP contribution is -2.28. The summed E-state index contributed by atoms with van der Waals surface area (Å²) in [4.78, 5) is 19.5. The Bertz CT molecular complexity index is 699. The van der Waals surface area contributed by atoms with E-state index in [1.807, 2.05) is 5.48 Å². The van der Waals surface area contributed by atoms with Crippen LogP contribution in [0.4, 0.5) is 13.2 Å². The first-order chi connectivity index (χ1) is 10.2. The van der Waals surface area contributed by atoms with Crippen LogP contribution in [0, 0.1) is 6.92 Å². The number of carbonyl (C=O) groups excluding carboxylic acids is 1. The molecule has 2 aromatic rings. The summed E-state index contributed by atoms with van der Waals surface area (Å²) in [6.07, 6.45) is -4.74. The smallest absolute Gasteiger partial charge is 0.376 e. The summed E-state index contributed by atoms with van der Waals surface area (Å²) in [6, 6.07) is 4.45. The van der Waals surface area contributed by atoms with Gasteiger partial charge in [0.15, 0.2) is 11.4 Å². The van der Waals surface area contributed by atoms with Gasteiger partial charge in [0.05, 0.1) is 15.1 Å². The molecule has 1 N–H and O–H groups in total. The van der Waals surface area contributed by atoms with Crippen LogP contribution in [-0.2, 0) is 6.18 Å². The van der Waals surface area contributed by atoms with E-state index in [0.29, 0.717) is 11.3 Å². The van der Waals surface area contributed by atoms with E-state index in [9.17, 15) is 18.0 Å². The van der Waals surface area contributed by atoms with Crippen LogP contribution in [0.25, 0.3) is 0 Å². The minimum absolute atomic E-state index is 0.0611. The monoisotopic (exact) mass is 370 g/mol. The minimum Gasteiger partial charge on any atom is -0.376 e. The van der Waals surface area contributed by atoms with E-state index in [1.54, 1.807) is 6.07 Å². The van der Waals surface area contributed by atoms with Crippen molar-refractivity contribution in [1.82, 2.24) is 10.5 Å². The molecule has 118 valence electrons. The Kier molecular flexibility index (Phi) is 4.84. The van der Waals surface area contributed by atoms with Crippen molar-refractivity contribution in [3.63, 3.8) is 0 Å². The zero-order chi connectivity index (χ0) is 16.5. The number of aromatic nitrogens is 1. The third-order valence-electron chi connectivity index (χ3n) is 2.37. The number of hydrogen-bond acceptors (Lipinski definition) is 4. The quantitative estimate of drug-likeness (QED) is 0.809. The molecule has 10 heteroatoms. The fraction of sp³-hybridized carbons (Fsp3) is 0.167. The molecule has 0 unspecified atom stereocenters. The Morgan fingerprint density at radius 2 is 1.91 bits per heavy atom. The van der Waals surface area contributed by atoms with Crippen LogP contribution < -0.4 is 10.3 Å². The van der Waals surface area contributed by atoms with Gasteiger partial charge in [0, 0.05) is 0 Å². The first-order valence-electron chi connectivity index (χ1n) is 5.66. The topological polar surface area (TPSA) is 51.2 Å². The number of amides is 1. The van der Waals surface area contributed by atoms with E-state index >= 15 is 0 Å². The first-order valence-corrected chi connectivity index (χ1v) is 7.23. The van der Waals surface area contributed by atoms with Gasteiger partial charge in [-0.05, 0) is 19.1 Å². The maximum Gasteiger partial charge on any atom is 0.435 e. The summed E-state index contributed by atoms with van der Waals surface area (Å²) < 4.78 is 38.4. The van der Waals surface area contributed by atoms with Gasteiger partial charge in [0.25, 0.3) is 5.91 Å². The normalized spacial score (nSPS) is 11.4. The molecule has 0 bridgehead atoms. The van der Waals surface area contributed by atoms with Crippen LogP contribution in [0.2, 0.25) is 10.0 Å². The predicted molar refractivity (Wildman–Crippen MR) is 76.4 cm³/mol. The molecule has 0 saturated carbocycles. The number of hydrogen-bond donors (Lipinski definition) is 1. The second-order valence-corrected chi connectivity index (χ2v) is 6.01. The van der Waals surface area contributed by atoms with Crippen molar-refractivity contribution in [2.75, 3.05) is 0 Å². The Labute approximate surface area is 136 Å². The van der Waals surface area contributed by atoms with Gasteiger partial charge in [-0.2, -0.15) is 18.7 Å². The third kappa shape index (κ3) is 3.63. The molecule has 0 atom stereocenters. The van der Waals surface area contributed by atoms with Crippen molar-refractivity contribution in [2.24, 2.45) is 0 Å². The van der Waals surface area contributed by atoms with Gasteiger partial charge in [-0.15, -0.1) is 11.3 Å². The molecule has 1 aromatic heterocycles. The molecule has 2 rings (SSSR count). The van der Waals surface area contributed by atoms with Gasteiger partial charge in [0.2, 0.25) is 0 Å². The molecule has 0 fully saturated rings. The Balaban J connectivity index is 2.21. The van der Waals surface area contributed by atoms with E-state index in [4.69, 9.17) is 28.0 Å². The molecule has 22 heavy (non-hydrogen) atoms. The molecule has 1 amide bonds. The van der Waals surface area contributed by atoms with Crippen LogP contribution >= 0.6 is 34.5 Å². The van der Waals surface area contributed by atoms with Gasteiger partial charge in [0.1, 0.15) is 4.88 Å². The standard InChI is InChI=1S/C12H7Cl2F3N2O2S/c1-5-18-10(12(15,16)17)9(22-5)11(20)19-21-8-6(13)3-2-4-7(8)14/h2-4H,1H3,(H,19,20). The maximum absolute atomic E-state index is 12.8. The number of aryl methyl sites for hydroxylation is 1. The van der Waals surface area contributed by atoms with Crippen LogP contribution in [-0.4, -0.2) is 10.9 Å². The lowest BCUT2D eigenvalue weighted by Gasteiger charge is -2.10. The highest BCUT2D eigenvalue weighted by atomic mass is 35.5. The average Bonchev–Trinajstić information content (AvgIpc) is 2.80. The van der Waals surface area contributed by atoms with E-state index in [1.165, 1.54) is 19.1 Å². The van der Waals surface area contributed by atoms with E-state index in [0.717, 1.165) is 0 Å². The number of thiazole rings is 1. The maximum atomic E-state index is 12.8. The van der Waals surface area contributed by atoms with Gasteiger partial charge in [-0.25, -0.2) is 4.98 Å². The van der Waals surface area contributed by atoms with Gasteiger partial charge in [-0.1, -0.05) is 29.3 Å². The number of hydroxylamine groups is 1. The van der Waals surface area contributed by atoms with Crippen molar-refractivity contribution in [3.8, 4) is 5.75 Å². The molecular formula is C12H7Cl2F3N2O2S. The molecule has 0 spiro atoms. The summed E-state index contributed by atoms with van der Waals surface area (Å²) >= 11 is 12.2. The first kappa shape index (κ1) is 16.9. The fourth-order valence-electron chi connectivity index (χ4n) is 1.50. The largest absolute Gasteiger partial charge is 0.435 e. The third-order valence-corrected chi connectivity index (χ3v) is 3.94. The summed E-state index contributed by atoms with van der Waals surface area (Å²) in [5.74, 6) is -1.15. The second kappa shape index (κ2) is 6.31. The molecule has 4 nitrogen and oxygen atoms in total. The van der Waals surface area contributed by atoms with E-state index < -0.39 is 22.7 Å². The van der Waals surface area contributed by atoms with Crippen molar-refractivity contribution >= 4 is 40.4 Å². The molecule has 0 saturated heterocycles. The summed E-state index contributed by atoms with van der Waals surface area (Å²) in [5, 5.41) is 0.307. The van der Waals surface area contributed by atoms with E-state index in [2.05, 4.69) is 4.98 Å². The molecule has 1 aromatic carbocycles. The number of nitrogens with zero attached hydrogens (tertiary/aromatic N) is 1. The van der Waals surface area contributed by atoms with Crippen molar-refractivity contribution in [2.45, 2.75) is 13.1 Å². The van der Waals surface area contributed by atoms with E-state index in [-0.39, 0.29) is 20.8 Å². The highest BCUT2D eigenvalue weighted by Crippen LogP contribution is 2.35. The number of carbonyl (C=O) groups is 1. The lowest BCUT2D eigenvalue weighted by atomic mass is 10.3. The van der Waals surface area contributed by atoms with Crippen molar-refractivity contribution in [1.29, 1.82) is 0 Å². The number of alkyl halides is 3. The van der Waals surface area contributed by atoms with Gasteiger partial charge in [-0.3, -0.25) is 4.79 Å². The van der Waals surface area contributed by atoms with Gasteiger partial charge < -0.3 is 4.84 Å². The number of rotatable bonds is 3. The van der Waals surface area contributed by atoms with Crippen LogP contribution in [0.3, 0.4) is 0 Å². The Hall–Kier alpha value is -1.51. The molecular weight excluding hydrogens is 364 g/mol. The molecule has 0 radical (unpaired) electrons. The lowest BCUT2D eigenvalue weighted by molar-refractivity contribution is -0.141. The van der Waals surface area contributed by atoms with Crippen LogP contribution in [0.5, 0.6) is 5.75 Å². The van der Waals surface area contributed by atoms with Crippen LogP contribution in [0.1, 0.15) is 20.4 Å². The zero-order valence-corrected chi connectivity index (χ0v) is 13.1. The zero-order valence-electron chi connectivity index (χ0n) is 10.8. The number of benzene rings is 1. The highest BCUT2D eigenvalue weighted by Gasteiger charge is 2.39. The highest BCUT2D eigenvalue weighted by molar-refractivity contribution is 7.13. The van der Waals surface area contributed by atoms with Crippen molar-refractivity contribution < 1.29 is 22.8 Å².